The molecule has 5 heteroatoms. The lowest BCUT2D eigenvalue weighted by molar-refractivity contribution is -0.116. The fourth-order valence-corrected chi connectivity index (χ4v) is 2.60. The van der Waals surface area contributed by atoms with Gasteiger partial charge in [-0.2, -0.15) is 0 Å². The van der Waals surface area contributed by atoms with Crippen LogP contribution in [0.1, 0.15) is 17.2 Å². The van der Waals surface area contributed by atoms with Gasteiger partial charge in [-0.1, -0.05) is 34.1 Å². The Morgan fingerprint density at radius 1 is 1.25 bits per heavy atom. The molecule has 0 aliphatic carbocycles. The zero-order valence-electron chi connectivity index (χ0n) is 10.6. The summed E-state index contributed by atoms with van der Waals surface area (Å²) in [6, 6.07) is 12.8. The molecule has 0 radical (unpaired) electrons. The van der Waals surface area contributed by atoms with Crippen LogP contribution in [0, 0.1) is 0 Å². The Kier molecular flexibility index (Phi) is 3.46. The number of ether oxygens (including phenoxy) is 1. The van der Waals surface area contributed by atoms with Gasteiger partial charge in [-0.05, 0) is 23.8 Å². The molecule has 4 nitrogen and oxygen atoms in total. The lowest BCUT2D eigenvalue weighted by Crippen LogP contribution is -2.19. The number of benzene rings is 2. The summed E-state index contributed by atoms with van der Waals surface area (Å²) in [5.74, 6) is 0.530. The van der Waals surface area contributed by atoms with Crippen LogP contribution < -0.4 is 15.8 Å². The molecule has 1 unspecified atom stereocenters. The van der Waals surface area contributed by atoms with E-state index < -0.39 is 6.04 Å². The molecule has 1 atom stereocenters. The molecule has 0 saturated carbocycles. The first-order valence-electron chi connectivity index (χ1n) is 6.21. The molecule has 0 aromatic heterocycles. The summed E-state index contributed by atoms with van der Waals surface area (Å²) in [4.78, 5) is 11.5. The predicted molar refractivity (Wildman–Crippen MR) is 80.5 cm³/mol. The molecule has 102 valence electrons. The van der Waals surface area contributed by atoms with E-state index in [9.17, 15) is 4.79 Å². The second-order valence-electron chi connectivity index (χ2n) is 4.63. The maximum absolute atomic E-state index is 11.5. The van der Waals surface area contributed by atoms with Gasteiger partial charge in [-0.15, -0.1) is 0 Å². The number of nitrogens with one attached hydrogen (secondary N) is 1. The van der Waals surface area contributed by atoms with Crippen LogP contribution in [0.2, 0.25) is 0 Å². The minimum absolute atomic E-state index is 0.177. The van der Waals surface area contributed by atoms with Gasteiger partial charge in [0.15, 0.2) is 0 Å². The Morgan fingerprint density at radius 2 is 2.10 bits per heavy atom. The van der Waals surface area contributed by atoms with Crippen molar-refractivity contribution in [3.8, 4) is 5.75 Å². The average Bonchev–Trinajstić information content (AvgIpc) is 2.72. The van der Waals surface area contributed by atoms with E-state index in [0.29, 0.717) is 12.4 Å². The highest BCUT2D eigenvalue weighted by Crippen LogP contribution is 2.32. The zero-order valence-corrected chi connectivity index (χ0v) is 12.2. The number of carbonyl (C=O) groups is 1. The van der Waals surface area contributed by atoms with Gasteiger partial charge in [0.2, 0.25) is 5.91 Å². The topological polar surface area (TPSA) is 64.4 Å². The SMILES string of the molecule is NC1C(=O)Nc2cc(OCc3cccc(Br)c3)ccc21. The van der Waals surface area contributed by atoms with Crippen molar-refractivity contribution in [3.05, 3.63) is 58.1 Å². The van der Waals surface area contributed by atoms with E-state index in [1.807, 2.05) is 36.4 Å². The molecule has 2 aromatic carbocycles. The van der Waals surface area contributed by atoms with Gasteiger partial charge in [0.25, 0.3) is 0 Å². The van der Waals surface area contributed by atoms with Gasteiger partial charge in [0, 0.05) is 21.8 Å². The number of carbonyl (C=O) groups excluding carboxylic acids is 1. The highest BCUT2D eigenvalue weighted by atomic mass is 79.9. The Balaban J connectivity index is 1.74. The predicted octanol–water partition coefficient (Wildman–Crippen LogP) is 2.98. The van der Waals surface area contributed by atoms with Crippen LogP contribution in [0.4, 0.5) is 5.69 Å². The third kappa shape index (κ3) is 2.55. The smallest absolute Gasteiger partial charge is 0.245 e. The fourth-order valence-electron chi connectivity index (χ4n) is 2.15. The lowest BCUT2D eigenvalue weighted by atomic mass is 10.1. The zero-order chi connectivity index (χ0) is 14.1. The maximum atomic E-state index is 11.5. The van der Waals surface area contributed by atoms with Crippen molar-refractivity contribution < 1.29 is 9.53 Å². The minimum Gasteiger partial charge on any atom is -0.489 e. The van der Waals surface area contributed by atoms with Gasteiger partial charge in [0.05, 0.1) is 0 Å². The summed E-state index contributed by atoms with van der Waals surface area (Å²) in [5, 5.41) is 2.74. The van der Waals surface area contributed by atoms with E-state index in [4.69, 9.17) is 10.5 Å². The lowest BCUT2D eigenvalue weighted by Gasteiger charge is -2.08. The van der Waals surface area contributed by atoms with E-state index in [0.717, 1.165) is 21.3 Å². The van der Waals surface area contributed by atoms with Crippen LogP contribution in [0.25, 0.3) is 0 Å². The molecular weight excluding hydrogens is 320 g/mol. The third-order valence-electron chi connectivity index (χ3n) is 3.19. The van der Waals surface area contributed by atoms with Crippen molar-refractivity contribution in [2.45, 2.75) is 12.6 Å². The number of rotatable bonds is 3. The summed E-state index contributed by atoms with van der Waals surface area (Å²) in [5.41, 5.74) is 8.37. The standard InChI is InChI=1S/C15H13BrN2O2/c16-10-3-1-2-9(6-10)8-20-11-4-5-12-13(7-11)18-15(19)14(12)17/h1-7,14H,8,17H2,(H,18,19). The first-order chi connectivity index (χ1) is 9.63. The van der Waals surface area contributed by atoms with Crippen LogP contribution in [-0.4, -0.2) is 5.91 Å². The summed E-state index contributed by atoms with van der Waals surface area (Å²) < 4.78 is 6.75. The molecule has 1 aliphatic rings. The highest BCUT2D eigenvalue weighted by Gasteiger charge is 2.27. The number of halogens is 1. The van der Waals surface area contributed by atoms with Gasteiger partial charge in [0.1, 0.15) is 18.4 Å². The molecule has 3 rings (SSSR count). The number of amides is 1. The Morgan fingerprint density at radius 3 is 2.90 bits per heavy atom. The van der Waals surface area contributed by atoms with Crippen molar-refractivity contribution in [2.75, 3.05) is 5.32 Å². The highest BCUT2D eigenvalue weighted by molar-refractivity contribution is 9.10. The molecule has 0 fully saturated rings. The number of anilines is 1. The second-order valence-corrected chi connectivity index (χ2v) is 5.55. The van der Waals surface area contributed by atoms with Gasteiger partial charge < -0.3 is 15.8 Å². The largest absolute Gasteiger partial charge is 0.489 e. The first kappa shape index (κ1) is 13.1. The van der Waals surface area contributed by atoms with Crippen LogP contribution in [0.5, 0.6) is 5.75 Å². The molecule has 20 heavy (non-hydrogen) atoms. The number of hydrogen-bond acceptors (Lipinski definition) is 3. The summed E-state index contributed by atoms with van der Waals surface area (Å²) >= 11 is 3.43. The van der Waals surface area contributed by atoms with Gasteiger partial charge in [-0.25, -0.2) is 0 Å². The van der Waals surface area contributed by atoms with Crippen molar-refractivity contribution in [3.63, 3.8) is 0 Å². The van der Waals surface area contributed by atoms with Crippen molar-refractivity contribution in [2.24, 2.45) is 5.73 Å². The summed E-state index contributed by atoms with van der Waals surface area (Å²) in [6.45, 7) is 0.470. The van der Waals surface area contributed by atoms with Crippen LogP contribution in [-0.2, 0) is 11.4 Å². The molecule has 0 bridgehead atoms. The van der Waals surface area contributed by atoms with E-state index in [2.05, 4.69) is 21.2 Å². The molecule has 2 aromatic rings. The quantitative estimate of drug-likeness (QED) is 0.908. The third-order valence-corrected chi connectivity index (χ3v) is 3.69. The van der Waals surface area contributed by atoms with Crippen molar-refractivity contribution in [1.29, 1.82) is 0 Å². The maximum Gasteiger partial charge on any atom is 0.245 e. The number of nitrogens with two attached hydrogens (primary N) is 1. The van der Waals surface area contributed by atoms with Crippen LogP contribution in [0.3, 0.4) is 0 Å². The van der Waals surface area contributed by atoms with E-state index >= 15 is 0 Å². The Labute approximate surface area is 125 Å². The van der Waals surface area contributed by atoms with Gasteiger partial charge >= 0.3 is 0 Å². The Hall–Kier alpha value is -1.85. The van der Waals surface area contributed by atoms with E-state index in [-0.39, 0.29) is 5.91 Å². The van der Waals surface area contributed by atoms with Gasteiger partial charge in [-0.3, -0.25) is 4.79 Å². The van der Waals surface area contributed by atoms with E-state index in [1.54, 1.807) is 6.07 Å². The number of fused-ring (bicyclic) bond motifs is 1. The van der Waals surface area contributed by atoms with E-state index in [1.165, 1.54) is 0 Å². The molecule has 1 heterocycles. The van der Waals surface area contributed by atoms with Crippen molar-refractivity contribution >= 4 is 27.5 Å². The average molecular weight is 333 g/mol. The molecule has 3 N–H and O–H groups in total. The second kappa shape index (κ2) is 5.26. The number of hydrogen-bond donors (Lipinski definition) is 2. The molecule has 0 saturated heterocycles. The summed E-state index contributed by atoms with van der Waals surface area (Å²) in [7, 11) is 0. The monoisotopic (exact) mass is 332 g/mol. The fraction of sp³-hybridized carbons (Fsp3) is 0.133. The first-order valence-corrected chi connectivity index (χ1v) is 7.00. The Bertz CT molecular complexity index is 673. The molecule has 1 amide bonds. The summed E-state index contributed by atoms with van der Waals surface area (Å²) in [6.07, 6.45) is 0. The minimum atomic E-state index is -0.580. The molecule has 0 spiro atoms. The molecular formula is C15H13BrN2O2. The van der Waals surface area contributed by atoms with Crippen molar-refractivity contribution in [1.82, 2.24) is 0 Å². The van der Waals surface area contributed by atoms with Crippen LogP contribution >= 0.6 is 15.9 Å². The van der Waals surface area contributed by atoms with Crippen LogP contribution in [0.15, 0.2) is 46.9 Å². The normalized spacial score (nSPS) is 16.7. The molecule has 1 aliphatic heterocycles.